The maximum Gasteiger partial charge on any atom is 0.323 e. The van der Waals surface area contributed by atoms with E-state index >= 15 is 0 Å². The molecule has 2 heterocycles. The lowest BCUT2D eigenvalue weighted by Gasteiger charge is -2.11. The highest BCUT2D eigenvalue weighted by Gasteiger charge is 2.18. The number of fused-ring (bicyclic) bond motifs is 1. The molecule has 0 atom stereocenters. The first-order valence-electron chi connectivity index (χ1n) is 9.67. The number of pyridine rings is 1. The van der Waals surface area contributed by atoms with Gasteiger partial charge in [-0.05, 0) is 42.0 Å². The Balaban J connectivity index is 1.53. The topological polar surface area (TPSA) is 131 Å². The lowest BCUT2D eigenvalue weighted by molar-refractivity contribution is 0.0997. The Morgan fingerprint density at radius 2 is 1.62 bits per heavy atom. The number of carbonyl (C=O) groups excluding carboxylic acids is 2. The Morgan fingerprint density at radius 1 is 0.938 bits per heavy atom. The zero-order valence-corrected chi connectivity index (χ0v) is 17.4. The van der Waals surface area contributed by atoms with Crippen molar-refractivity contribution in [1.82, 2.24) is 9.97 Å². The summed E-state index contributed by atoms with van der Waals surface area (Å²) >= 11 is 0. The number of methoxy groups -OCH3 is 2. The minimum atomic E-state index is -0.575. The number of carbonyl (C=O) groups is 2. The molecule has 32 heavy (non-hydrogen) atoms. The fourth-order valence-electron chi connectivity index (χ4n) is 3.43. The predicted octanol–water partition coefficient (Wildman–Crippen LogP) is 3.99. The van der Waals surface area contributed by atoms with Crippen LogP contribution in [-0.2, 0) is 0 Å². The van der Waals surface area contributed by atoms with E-state index in [0.29, 0.717) is 34.1 Å². The van der Waals surface area contributed by atoms with Gasteiger partial charge in [0.1, 0.15) is 11.3 Å². The van der Waals surface area contributed by atoms with Gasteiger partial charge in [0.2, 0.25) is 0 Å². The third kappa shape index (κ3) is 4.04. The number of aromatic nitrogens is 2. The van der Waals surface area contributed by atoms with Gasteiger partial charge in [0.15, 0.2) is 11.5 Å². The Labute approximate surface area is 183 Å². The van der Waals surface area contributed by atoms with E-state index in [0.717, 1.165) is 10.9 Å². The minimum Gasteiger partial charge on any atom is -0.493 e. The summed E-state index contributed by atoms with van der Waals surface area (Å²) in [7, 11) is 3.07. The van der Waals surface area contributed by atoms with Crippen LogP contribution in [0.1, 0.15) is 10.5 Å². The number of urea groups is 1. The molecule has 0 radical (unpaired) electrons. The number of amides is 3. The third-order valence-electron chi connectivity index (χ3n) is 4.89. The summed E-state index contributed by atoms with van der Waals surface area (Å²) < 4.78 is 10.4. The van der Waals surface area contributed by atoms with Crippen molar-refractivity contribution in [3.63, 3.8) is 0 Å². The van der Waals surface area contributed by atoms with Crippen LogP contribution in [0.5, 0.6) is 11.5 Å². The molecule has 0 saturated carbocycles. The average Bonchev–Trinajstić information content (AvgIpc) is 3.19. The van der Waals surface area contributed by atoms with Crippen molar-refractivity contribution in [3.05, 3.63) is 66.5 Å². The largest absolute Gasteiger partial charge is 0.493 e. The van der Waals surface area contributed by atoms with Gasteiger partial charge in [-0.15, -0.1) is 0 Å². The first-order chi connectivity index (χ1) is 15.5. The van der Waals surface area contributed by atoms with Gasteiger partial charge in [0.25, 0.3) is 5.91 Å². The number of ether oxygens (including phenoxy) is 2. The van der Waals surface area contributed by atoms with E-state index in [2.05, 4.69) is 20.6 Å². The molecule has 0 saturated heterocycles. The quantitative estimate of drug-likeness (QED) is 0.367. The van der Waals surface area contributed by atoms with E-state index < -0.39 is 11.9 Å². The predicted molar refractivity (Wildman–Crippen MR) is 122 cm³/mol. The number of nitrogens with zero attached hydrogens (tertiary/aromatic N) is 1. The van der Waals surface area contributed by atoms with Gasteiger partial charge in [0.05, 0.1) is 14.2 Å². The summed E-state index contributed by atoms with van der Waals surface area (Å²) in [6.07, 6.45) is 1.64. The lowest BCUT2D eigenvalue weighted by Crippen LogP contribution is -2.19. The van der Waals surface area contributed by atoms with Crippen LogP contribution >= 0.6 is 0 Å². The number of primary amides is 1. The van der Waals surface area contributed by atoms with Gasteiger partial charge < -0.3 is 30.8 Å². The molecule has 4 aromatic rings. The van der Waals surface area contributed by atoms with Crippen molar-refractivity contribution in [2.45, 2.75) is 0 Å². The number of rotatable bonds is 6. The summed E-state index contributed by atoms with van der Waals surface area (Å²) in [6, 6.07) is 15.4. The fraction of sp³-hybridized carbons (Fsp3) is 0.0870. The highest BCUT2D eigenvalue weighted by Crippen LogP contribution is 2.32. The van der Waals surface area contributed by atoms with Crippen molar-refractivity contribution >= 4 is 34.3 Å². The summed E-state index contributed by atoms with van der Waals surface area (Å²) in [4.78, 5) is 31.5. The Morgan fingerprint density at radius 3 is 2.31 bits per heavy atom. The van der Waals surface area contributed by atoms with Gasteiger partial charge in [-0.25, -0.2) is 9.78 Å². The molecule has 2 aromatic carbocycles. The first kappa shape index (κ1) is 20.7. The monoisotopic (exact) mass is 431 g/mol. The Hall–Kier alpha value is -4.53. The third-order valence-corrected chi connectivity index (χ3v) is 4.89. The molecular weight excluding hydrogens is 410 g/mol. The van der Waals surface area contributed by atoms with Crippen molar-refractivity contribution in [1.29, 1.82) is 0 Å². The molecule has 0 aliphatic heterocycles. The molecule has 5 N–H and O–H groups in total. The zero-order chi connectivity index (χ0) is 22.7. The van der Waals surface area contributed by atoms with Gasteiger partial charge >= 0.3 is 6.03 Å². The average molecular weight is 431 g/mol. The number of nitrogens with one attached hydrogen (secondary N) is 3. The molecule has 0 aliphatic carbocycles. The minimum absolute atomic E-state index is 0.283. The van der Waals surface area contributed by atoms with Crippen LogP contribution in [0.25, 0.3) is 22.2 Å². The zero-order valence-electron chi connectivity index (χ0n) is 17.4. The van der Waals surface area contributed by atoms with Crippen molar-refractivity contribution in [2.24, 2.45) is 5.73 Å². The van der Waals surface area contributed by atoms with Crippen molar-refractivity contribution in [2.75, 3.05) is 24.9 Å². The second-order valence-corrected chi connectivity index (χ2v) is 6.87. The highest BCUT2D eigenvalue weighted by molar-refractivity contribution is 6.08. The fourth-order valence-corrected chi connectivity index (χ4v) is 3.43. The van der Waals surface area contributed by atoms with Gasteiger partial charge in [-0.3, -0.25) is 4.79 Å². The standard InChI is InChI=1S/C23H21N5O4/c1-31-17-10-9-15(12-18(17)32-2)27-23(30)26-14-7-5-13(6-8-14)19-16-4-3-11-25-22(16)28-20(19)21(24)29/h3-12H,1-2H3,(H2,24,29)(H,25,28)(H2,26,27,30). The van der Waals surface area contributed by atoms with Crippen molar-refractivity contribution in [3.8, 4) is 22.6 Å². The second-order valence-electron chi connectivity index (χ2n) is 6.87. The maximum atomic E-state index is 12.4. The number of hydrogen-bond acceptors (Lipinski definition) is 5. The lowest BCUT2D eigenvalue weighted by atomic mass is 10.0. The Kier molecular flexibility index (Phi) is 5.63. The SMILES string of the molecule is COc1ccc(NC(=O)Nc2ccc(-c3c(C(N)=O)[nH]c4ncccc34)cc2)cc1OC. The van der Waals surface area contributed by atoms with E-state index in [-0.39, 0.29) is 5.69 Å². The van der Waals surface area contributed by atoms with E-state index in [9.17, 15) is 9.59 Å². The number of nitrogens with two attached hydrogens (primary N) is 1. The molecule has 0 unspecified atom stereocenters. The molecule has 9 nitrogen and oxygen atoms in total. The number of benzene rings is 2. The molecule has 0 fully saturated rings. The smallest absolute Gasteiger partial charge is 0.323 e. The molecular formula is C23H21N5O4. The summed E-state index contributed by atoms with van der Waals surface area (Å²) in [6.45, 7) is 0. The van der Waals surface area contributed by atoms with E-state index in [1.807, 2.05) is 6.07 Å². The van der Waals surface area contributed by atoms with Crippen LogP contribution < -0.4 is 25.8 Å². The molecule has 0 aliphatic rings. The van der Waals surface area contributed by atoms with Crippen LogP contribution in [0.3, 0.4) is 0 Å². The van der Waals surface area contributed by atoms with Crippen LogP contribution in [0.2, 0.25) is 0 Å². The summed E-state index contributed by atoms with van der Waals surface area (Å²) in [5, 5.41) is 6.30. The Bertz CT molecular complexity index is 1300. The van der Waals surface area contributed by atoms with E-state index in [1.165, 1.54) is 7.11 Å². The van der Waals surface area contributed by atoms with Crippen molar-refractivity contribution < 1.29 is 19.1 Å². The number of anilines is 2. The molecule has 0 spiro atoms. The van der Waals surface area contributed by atoms with Gasteiger partial charge in [-0.1, -0.05) is 12.1 Å². The van der Waals surface area contributed by atoms with Gasteiger partial charge in [-0.2, -0.15) is 0 Å². The number of hydrogen-bond donors (Lipinski definition) is 4. The summed E-state index contributed by atoms with van der Waals surface area (Å²) in [5.74, 6) is 0.500. The number of aromatic amines is 1. The normalized spacial score (nSPS) is 10.6. The molecule has 9 heteroatoms. The van der Waals surface area contributed by atoms with Crippen LogP contribution in [0.15, 0.2) is 60.8 Å². The van der Waals surface area contributed by atoms with E-state index in [4.69, 9.17) is 15.2 Å². The summed E-state index contributed by atoms with van der Waals surface area (Å²) in [5.41, 5.74) is 8.96. The molecule has 3 amide bonds. The second kappa shape index (κ2) is 8.68. The molecule has 2 aromatic heterocycles. The van der Waals surface area contributed by atoms with Crippen LogP contribution in [0, 0.1) is 0 Å². The first-order valence-corrected chi connectivity index (χ1v) is 9.67. The van der Waals surface area contributed by atoms with Crippen LogP contribution in [0.4, 0.5) is 16.2 Å². The van der Waals surface area contributed by atoms with Gasteiger partial charge in [0, 0.05) is 34.6 Å². The van der Waals surface area contributed by atoms with E-state index in [1.54, 1.807) is 61.8 Å². The highest BCUT2D eigenvalue weighted by atomic mass is 16.5. The molecule has 0 bridgehead atoms. The van der Waals surface area contributed by atoms with Crippen LogP contribution in [-0.4, -0.2) is 36.1 Å². The molecule has 4 rings (SSSR count). The molecule has 162 valence electrons. The number of H-pyrrole nitrogens is 1. The maximum absolute atomic E-state index is 12.4.